The molecule has 0 aliphatic carbocycles. The van der Waals surface area contributed by atoms with E-state index in [0.717, 1.165) is 6.07 Å². The number of aliphatic hydroxyl groups excluding tert-OH is 1. The van der Waals surface area contributed by atoms with Crippen LogP contribution in [0, 0.1) is 11.6 Å². The number of nitrogens with zero attached hydrogens (tertiary/aromatic N) is 2. The molecule has 0 amide bonds. The van der Waals surface area contributed by atoms with Crippen LogP contribution in [0.4, 0.5) is 8.78 Å². The van der Waals surface area contributed by atoms with Crippen molar-refractivity contribution in [2.45, 2.75) is 6.61 Å². The maximum atomic E-state index is 14.6. The summed E-state index contributed by atoms with van der Waals surface area (Å²) in [6.07, 6.45) is 1.40. The number of carbonyl (C=O) groups is 1. The predicted molar refractivity (Wildman–Crippen MR) is 118 cm³/mol. The minimum Gasteiger partial charge on any atom is -0.487 e. The summed E-state index contributed by atoms with van der Waals surface area (Å²) in [5.74, 6) is -1.63. The van der Waals surface area contributed by atoms with E-state index in [4.69, 9.17) is 26.2 Å². The van der Waals surface area contributed by atoms with Gasteiger partial charge >= 0.3 is 0 Å². The van der Waals surface area contributed by atoms with Gasteiger partial charge in [0.25, 0.3) is 0 Å². The van der Waals surface area contributed by atoms with Crippen molar-refractivity contribution in [3.8, 4) is 11.6 Å². The number of fused-ring (bicyclic) bond motifs is 1. The van der Waals surface area contributed by atoms with Crippen molar-refractivity contribution >= 4 is 28.4 Å². The average Bonchev–Trinajstić information content (AvgIpc) is 2.81. The van der Waals surface area contributed by atoms with Crippen molar-refractivity contribution in [1.29, 1.82) is 0 Å². The minimum absolute atomic E-state index is 0.0150. The highest BCUT2D eigenvalue weighted by Crippen LogP contribution is 2.33. The third-order valence-corrected chi connectivity index (χ3v) is 5.06. The highest BCUT2D eigenvalue weighted by atomic mass is 35.5. The van der Waals surface area contributed by atoms with Crippen molar-refractivity contribution in [3.05, 3.63) is 94.1 Å². The molecule has 0 atom stereocenters. The molecular weight excluding hydrogens is 454 g/mol. The fourth-order valence-corrected chi connectivity index (χ4v) is 3.43. The molecule has 0 unspecified atom stereocenters. The molecule has 0 aliphatic rings. The van der Waals surface area contributed by atoms with Gasteiger partial charge < -0.3 is 14.6 Å². The van der Waals surface area contributed by atoms with Gasteiger partial charge in [0.15, 0.2) is 5.78 Å². The summed E-state index contributed by atoms with van der Waals surface area (Å²) in [7, 11) is 0. The largest absolute Gasteiger partial charge is 0.487 e. The predicted octanol–water partition coefficient (Wildman–Crippen LogP) is 4.74. The van der Waals surface area contributed by atoms with Crippen LogP contribution in [0.15, 0.2) is 60.8 Å². The molecule has 9 heteroatoms. The van der Waals surface area contributed by atoms with E-state index in [9.17, 15) is 13.6 Å². The summed E-state index contributed by atoms with van der Waals surface area (Å²) in [6.45, 7) is -0.158. The molecule has 3 aromatic carbocycles. The lowest BCUT2D eigenvalue weighted by atomic mass is 10.0. The molecule has 0 aliphatic heterocycles. The second-order valence-corrected chi connectivity index (χ2v) is 7.34. The molecule has 33 heavy (non-hydrogen) atoms. The molecule has 0 fully saturated rings. The van der Waals surface area contributed by atoms with Crippen LogP contribution in [0.25, 0.3) is 11.0 Å². The summed E-state index contributed by atoms with van der Waals surface area (Å²) in [5.41, 5.74) is 1.19. The molecule has 168 valence electrons. The van der Waals surface area contributed by atoms with E-state index in [1.54, 1.807) is 12.1 Å². The molecule has 6 nitrogen and oxygen atoms in total. The molecule has 1 aromatic heterocycles. The van der Waals surface area contributed by atoms with Crippen LogP contribution in [0.1, 0.15) is 21.5 Å². The van der Waals surface area contributed by atoms with Crippen molar-refractivity contribution in [1.82, 2.24) is 9.97 Å². The number of rotatable bonds is 8. The Morgan fingerprint density at radius 2 is 1.88 bits per heavy atom. The fraction of sp³-hybridized carbons (Fsp3) is 0.125. The van der Waals surface area contributed by atoms with Crippen LogP contribution < -0.4 is 9.47 Å². The number of ketones is 1. The van der Waals surface area contributed by atoms with Gasteiger partial charge in [-0.3, -0.25) is 4.79 Å². The van der Waals surface area contributed by atoms with E-state index < -0.39 is 17.4 Å². The summed E-state index contributed by atoms with van der Waals surface area (Å²) >= 11 is 6.33. The van der Waals surface area contributed by atoms with Gasteiger partial charge in [-0.15, -0.1) is 0 Å². The number of benzene rings is 3. The molecule has 0 saturated carbocycles. The molecule has 4 aromatic rings. The Labute approximate surface area is 192 Å². The third kappa shape index (κ3) is 5.08. The monoisotopic (exact) mass is 470 g/mol. The van der Waals surface area contributed by atoms with Gasteiger partial charge in [0.05, 0.1) is 34.4 Å². The molecule has 4 rings (SSSR count). The van der Waals surface area contributed by atoms with Gasteiger partial charge in [-0.1, -0.05) is 23.7 Å². The van der Waals surface area contributed by atoms with Crippen LogP contribution in [0.5, 0.6) is 11.6 Å². The summed E-state index contributed by atoms with van der Waals surface area (Å²) in [4.78, 5) is 21.6. The van der Waals surface area contributed by atoms with Crippen LogP contribution in [-0.2, 0) is 6.61 Å². The molecule has 0 bridgehead atoms. The zero-order valence-corrected chi connectivity index (χ0v) is 17.9. The van der Waals surface area contributed by atoms with Crippen molar-refractivity contribution in [2.75, 3.05) is 13.2 Å². The lowest BCUT2D eigenvalue weighted by Gasteiger charge is -2.12. The first-order chi connectivity index (χ1) is 16.0. The Hall–Kier alpha value is -3.62. The highest BCUT2D eigenvalue weighted by Gasteiger charge is 2.22. The van der Waals surface area contributed by atoms with Crippen molar-refractivity contribution in [2.24, 2.45) is 0 Å². The van der Waals surface area contributed by atoms with Crippen LogP contribution in [-0.4, -0.2) is 34.1 Å². The second kappa shape index (κ2) is 9.89. The smallest absolute Gasteiger partial charge is 0.232 e. The van der Waals surface area contributed by atoms with E-state index in [1.165, 1.54) is 42.6 Å². The summed E-state index contributed by atoms with van der Waals surface area (Å²) in [5, 5.41) is 8.69. The van der Waals surface area contributed by atoms with E-state index in [1.807, 2.05) is 0 Å². The van der Waals surface area contributed by atoms with E-state index in [0.29, 0.717) is 16.6 Å². The van der Waals surface area contributed by atoms with Crippen LogP contribution >= 0.6 is 11.6 Å². The molecule has 1 N–H and O–H groups in total. The topological polar surface area (TPSA) is 81.5 Å². The second-order valence-electron chi connectivity index (χ2n) is 6.97. The maximum absolute atomic E-state index is 14.6. The number of aliphatic hydroxyl groups is 1. The molecule has 0 spiro atoms. The van der Waals surface area contributed by atoms with E-state index in [2.05, 4.69) is 9.97 Å². The van der Waals surface area contributed by atoms with E-state index >= 15 is 0 Å². The first-order valence-electron chi connectivity index (χ1n) is 9.86. The maximum Gasteiger partial charge on any atom is 0.232 e. The first-order valence-corrected chi connectivity index (χ1v) is 10.2. The normalized spacial score (nSPS) is 10.9. The summed E-state index contributed by atoms with van der Waals surface area (Å²) in [6, 6.07) is 12.7. The SMILES string of the molecule is O=C(c1ccc2ncc(OCCO)nc2c1)c1c(F)ccc(OCc2cccc(F)c2)c1Cl. The Morgan fingerprint density at radius 1 is 1.03 bits per heavy atom. The molecule has 1 heterocycles. The van der Waals surface area contributed by atoms with E-state index in [-0.39, 0.29) is 47.6 Å². The van der Waals surface area contributed by atoms with Gasteiger partial charge in [0, 0.05) is 5.56 Å². The van der Waals surface area contributed by atoms with Crippen molar-refractivity contribution in [3.63, 3.8) is 0 Å². The zero-order chi connectivity index (χ0) is 23.4. The molecular formula is C24H17ClF2N2O4. The lowest BCUT2D eigenvalue weighted by Crippen LogP contribution is -2.08. The fourth-order valence-electron chi connectivity index (χ4n) is 3.14. The Bertz CT molecular complexity index is 1330. The van der Waals surface area contributed by atoms with Gasteiger partial charge in [-0.2, -0.15) is 0 Å². The van der Waals surface area contributed by atoms with Gasteiger partial charge in [-0.25, -0.2) is 18.7 Å². The number of ether oxygens (including phenoxy) is 2. The van der Waals surface area contributed by atoms with Crippen LogP contribution in [0.2, 0.25) is 5.02 Å². The Balaban J connectivity index is 1.63. The lowest BCUT2D eigenvalue weighted by molar-refractivity contribution is 0.103. The third-order valence-electron chi connectivity index (χ3n) is 4.69. The molecule has 0 saturated heterocycles. The number of hydrogen-bond acceptors (Lipinski definition) is 6. The zero-order valence-electron chi connectivity index (χ0n) is 17.1. The van der Waals surface area contributed by atoms with Crippen molar-refractivity contribution < 1.29 is 28.2 Å². The van der Waals surface area contributed by atoms with Gasteiger partial charge in [0.2, 0.25) is 5.88 Å². The van der Waals surface area contributed by atoms with Crippen LogP contribution in [0.3, 0.4) is 0 Å². The number of hydrogen-bond donors (Lipinski definition) is 1. The van der Waals surface area contributed by atoms with Gasteiger partial charge in [-0.05, 0) is 48.0 Å². The number of halogens is 3. The highest BCUT2D eigenvalue weighted by molar-refractivity contribution is 6.36. The number of aromatic nitrogens is 2. The Morgan fingerprint density at radius 3 is 2.67 bits per heavy atom. The number of carbonyl (C=O) groups excluding carboxylic acids is 1. The first kappa shape index (κ1) is 22.6. The van der Waals surface area contributed by atoms with Gasteiger partial charge in [0.1, 0.15) is 30.6 Å². The minimum atomic E-state index is -0.811. The average molecular weight is 471 g/mol. The quantitative estimate of drug-likeness (QED) is 0.374. The Kier molecular flexibility index (Phi) is 6.76. The standard InChI is InChI=1S/C24H17ClF2N2O4/c25-23-20(33-13-14-2-1-3-16(26)10-14)7-5-17(27)22(23)24(31)15-4-6-18-19(11-15)29-21(12-28-18)32-9-8-30/h1-7,10-12,30H,8-9,13H2. The summed E-state index contributed by atoms with van der Waals surface area (Å²) < 4.78 is 38.8. The molecule has 0 radical (unpaired) electrons.